The fraction of sp³-hybridized carbons (Fsp3) is 0.400. The lowest BCUT2D eigenvalue weighted by molar-refractivity contribution is 0.416. The highest BCUT2D eigenvalue weighted by molar-refractivity contribution is 7.09. The van der Waals surface area contributed by atoms with Crippen molar-refractivity contribution in [3.05, 3.63) is 34.7 Å². The molecular weight excluding hydrogens is 256 g/mol. The predicted octanol–water partition coefficient (Wildman–Crippen LogP) is 3.11. The fourth-order valence-corrected chi connectivity index (χ4v) is 3.40. The molecule has 4 heteroatoms. The number of aromatic nitrogens is 1. The van der Waals surface area contributed by atoms with Gasteiger partial charge in [0.05, 0.1) is 17.8 Å². The zero-order valence-electron chi connectivity index (χ0n) is 11.1. The summed E-state index contributed by atoms with van der Waals surface area (Å²) >= 11 is 1.74. The predicted molar refractivity (Wildman–Crippen MR) is 78.8 cm³/mol. The van der Waals surface area contributed by atoms with E-state index in [1.807, 2.05) is 18.2 Å². The zero-order valence-corrected chi connectivity index (χ0v) is 11.9. The van der Waals surface area contributed by atoms with Crippen molar-refractivity contribution in [2.24, 2.45) is 0 Å². The first kappa shape index (κ1) is 12.6. The number of thiazole rings is 1. The zero-order chi connectivity index (χ0) is 13.1. The third-order valence-corrected chi connectivity index (χ3v) is 4.39. The molecule has 0 aliphatic carbocycles. The van der Waals surface area contributed by atoms with Gasteiger partial charge in [-0.3, -0.25) is 0 Å². The van der Waals surface area contributed by atoms with Crippen LogP contribution in [0.4, 0.5) is 0 Å². The smallest absolute Gasteiger partial charge is 0.128 e. The molecule has 1 N–H and O–H groups in total. The van der Waals surface area contributed by atoms with E-state index >= 15 is 0 Å². The summed E-state index contributed by atoms with van der Waals surface area (Å²) in [5.74, 6) is 0.887. The van der Waals surface area contributed by atoms with E-state index in [2.05, 4.69) is 16.8 Å². The number of hydrogen-bond donors (Lipinski definition) is 1. The highest BCUT2D eigenvalue weighted by Gasteiger charge is 2.17. The molecule has 0 bridgehead atoms. The number of rotatable bonds is 4. The molecule has 3 nitrogen and oxygen atoms in total. The van der Waals surface area contributed by atoms with Gasteiger partial charge in [-0.1, -0.05) is 12.1 Å². The SMILES string of the molecule is COc1ccccc1-c1csc(CC2CCCN2)n1. The summed E-state index contributed by atoms with van der Waals surface area (Å²) in [6.07, 6.45) is 3.60. The van der Waals surface area contributed by atoms with Crippen LogP contribution in [-0.2, 0) is 6.42 Å². The molecule has 2 aromatic rings. The fourth-order valence-electron chi connectivity index (χ4n) is 2.53. The van der Waals surface area contributed by atoms with E-state index in [-0.39, 0.29) is 0 Å². The van der Waals surface area contributed by atoms with Gasteiger partial charge in [-0.05, 0) is 31.5 Å². The van der Waals surface area contributed by atoms with Crippen LogP contribution in [0.15, 0.2) is 29.6 Å². The Kier molecular flexibility index (Phi) is 3.80. The Hall–Kier alpha value is -1.39. The molecule has 1 saturated heterocycles. The molecular formula is C15H18N2OS. The van der Waals surface area contributed by atoms with Crippen molar-refractivity contribution in [1.29, 1.82) is 0 Å². The lowest BCUT2D eigenvalue weighted by atomic mass is 10.1. The van der Waals surface area contributed by atoms with Crippen LogP contribution in [-0.4, -0.2) is 24.7 Å². The summed E-state index contributed by atoms with van der Waals surface area (Å²) in [4.78, 5) is 4.75. The molecule has 1 fully saturated rings. The quantitative estimate of drug-likeness (QED) is 0.930. The molecule has 100 valence electrons. The Morgan fingerprint density at radius 3 is 3.11 bits per heavy atom. The van der Waals surface area contributed by atoms with Gasteiger partial charge in [0.15, 0.2) is 0 Å². The number of hydrogen-bond acceptors (Lipinski definition) is 4. The molecule has 0 spiro atoms. The normalized spacial score (nSPS) is 18.7. The Morgan fingerprint density at radius 1 is 1.42 bits per heavy atom. The highest BCUT2D eigenvalue weighted by atomic mass is 32.1. The molecule has 1 aromatic heterocycles. The van der Waals surface area contributed by atoms with Gasteiger partial charge in [-0.25, -0.2) is 4.98 Å². The maximum Gasteiger partial charge on any atom is 0.128 e. The second-order valence-corrected chi connectivity index (χ2v) is 5.77. The lowest BCUT2D eigenvalue weighted by Gasteiger charge is -2.07. The monoisotopic (exact) mass is 274 g/mol. The largest absolute Gasteiger partial charge is 0.496 e. The summed E-state index contributed by atoms with van der Waals surface area (Å²) < 4.78 is 5.39. The average Bonchev–Trinajstić information content (AvgIpc) is 3.11. The first-order chi connectivity index (χ1) is 9.36. The first-order valence-electron chi connectivity index (χ1n) is 6.68. The summed E-state index contributed by atoms with van der Waals surface area (Å²) in [6, 6.07) is 8.66. The van der Waals surface area contributed by atoms with Crippen LogP contribution in [0.3, 0.4) is 0 Å². The molecule has 1 unspecified atom stereocenters. The maximum atomic E-state index is 5.39. The minimum Gasteiger partial charge on any atom is -0.496 e. The van der Waals surface area contributed by atoms with Gasteiger partial charge in [0.1, 0.15) is 5.75 Å². The molecule has 1 aliphatic rings. The molecule has 0 amide bonds. The van der Waals surface area contributed by atoms with Crippen LogP contribution < -0.4 is 10.1 Å². The third-order valence-electron chi connectivity index (χ3n) is 3.52. The minimum atomic E-state index is 0.608. The summed E-state index contributed by atoms with van der Waals surface area (Å²) in [7, 11) is 1.70. The number of nitrogens with one attached hydrogen (secondary N) is 1. The van der Waals surface area contributed by atoms with Gasteiger partial charge in [-0.2, -0.15) is 0 Å². The van der Waals surface area contributed by atoms with Crippen molar-refractivity contribution >= 4 is 11.3 Å². The molecule has 1 aromatic carbocycles. The van der Waals surface area contributed by atoms with Crippen LogP contribution in [0.25, 0.3) is 11.3 Å². The van der Waals surface area contributed by atoms with E-state index in [4.69, 9.17) is 9.72 Å². The van der Waals surface area contributed by atoms with E-state index in [0.29, 0.717) is 6.04 Å². The van der Waals surface area contributed by atoms with Crippen LogP contribution in [0, 0.1) is 0 Å². The van der Waals surface area contributed by atoms with Crippen LogP contribution in [0.1, 0.15) is 17.8 Å². The van der Waals surface area contributed by atoms with E-state index in [1.54, 1.807) is 18.4 Å². The second kappa shape index (κ2) is 5.72. The van der Waals surface area contributed by atoms with Gasteiger partial charge in [0.2, 0.25) is 0 Å². The Labute approximate surface area is 117 Å². The van der Waals surface area contributed by atoms with Gasteiger partial charge in [-0.15, -0.1) is 11.3 Å². The van der Waals surface area contributed by atoms with Crippen LogP contribution >= 0.6 is 11.3 Å². The number of para-hydroxylation sites is 1. The number of benzene rings is 1. The van der Waals surface area contributed by atoms with Crippen molar-refractivity contribution in [3.8, 4) is 17.0 Å². The van der Waals surface area contributed by atoms with Gasteiger partial charge >= 0.3 is 0 Å². The van der Waals surface area contributed by atoms with Gasteiger partial charge in [0, 0.05) is 23.4 Å². The molecule has 2 heterocycles. The first-order valence-corrected chi connectivity index (χ1v) is 7.56. The highest BCUT2D eigenvalue weighted by Crippen LogP contribution is 2.30. The minimum absolute atomic E-state index is 0.608. The van der Waals surface area contributed by atoms with Crippen molar-refractivity contribution in [2.45, 2.75) is 25.3 Å². The number of nitrogens with zero attached hydrogens (tertiary/aromatic N) is 1. The Morgan fingerprint density at radius 2 is 2.32 bits per heavy atom. The molecule has 3 rings (SSSR count). The Bertz CT molecular complexity index is 547. The van der Waals surface area contributed by atoms with Gasteiger partial charge in [0.25, 0.3) is 0 Å². The number of methoxy groups -OCH3 is 1. The van der Waals surface area contributed by atoms with Crippen molar-refractivity contribution in [2.75, 3.05) is 13.7 Å². The molecule has 1 aliphatic heterocycles. The van der Waals surface area contributed by atoms with E-state index in [9.17, 15) is 0 Å². The van der Waals surface area contributed by atoms with E-state index in [1.165, 1.54) is 17.8 Å². The molecule has 1 atom stereocenters. The molecule has 19 heavy (non-hydrogen) atoms. The molecule has 0 radical (unpaired) electrons. The van der Waals surface area contributed by atoms with Crippen molar-refractivity contribution in [1.82, 2.24) is 10.3 Å². The maximum absolute atomic E-state index is 5.39. The second-order valence-electron chi connectivity index (χ2n) is 4.82. The van der Waals surface area contributed by atoms with Crippen molar-refractivity contribution in [3.63, 3.8) is 0 Å². The van der Waals surface area contributed by atoms with Gasteiger partial charge < -0.3 is 10.1 Å². The average molecular weight is 274 g/mol. The van der Waals surface area contributed by atoms with Crippen LogP contribution in [0.5, 0.6) is 5.75 Å². The van der Waals surface area contributed by atoms with E-state index < -0.39 is 0 Å². The lowest BCUT2D eigenvalue weighted by Crippen LogP contribution is -2.23. The van der Waals surface area contributed by atoms with Crippen molar-refractivity contribution < 1.29 is 4.74 Å². The van der Waals surface area contributed by atoms with E-state index in [0.717, 1.165) is 30.0 Å². The Balaban J connectivity index is 1.80. The summed E-state index contributed by atoms with van der Waals surface area (Å²) in [6.45, 7) is 1.15. The topological polar surface area (TPSA) is 34.1 Å². The third kappa shape index (κ3) is 2.80. The summed E-state index contributed by atoms with van der Waals surface area (Å²) in [5.41, 5.74) is 2.10. The standard InChI is InChI=1S/C15H18N2OS/c1-18-14-7-3-2-6-12(14)13-10-19-15(17-13)9-11-5-4-8-16-11/h2-3,6-7,10-11,16H,4-5,8-9H2,1H3. The van der Waals surface area contributed by atoms with Crippen LogP contribution in [0.2, 0.25) is 0 Å². The molecule has 0 saturated carbocycles. The number of ether oxygens (including phenoxy) is 1. The summed E-state index contributed by atoms with van der Waals surface area (Å²) in [5, 5.41) is 6.85.